The summed E-state index contributed by atoms with van der Waals surface area (Å²) in [5.41, 5.74) is 2.47. The number of hydrogen-bond donors (Lipinski definition) is 1. The first-order chi connectivity index (χ1) is 9.74. The van der Waals surface area contributed by atoms with Crippen molar-refractivity contribution in [1.29, 1.82) is 0 Å². The predicted octanol–water partition coefficient (Wildman–Crippen LogP) is 2.60. The molecule has 2 aromatic heterocycles. The number of imidazole rings is 1. The molecule has 0 aliphatic carbocycles. The normalized spacial score (nSPS) is 19.1. The summed E-state index contributed by atoms with van der Waals surface area (Å²) in [7, 11) is 0. The van der Waals surface area contributed by atoms with Gasteiger partial charge < -0.3 is 9.72 Å². The summed E-state index contributed by atoms with van der Waals surface area (Å²) in [6.07, 6.45) is 2.59. The lowest BCUT2D eigenvalue weighted by molar-refractivity contribution is 0.186. The average Bonchev–Trinajstić information content (AvgIpc) is 3.04. The largest absolute Gasteiger partial charge is 0.379 e. The van der Waals surface area contributed by atoms with Crippen LogP contribution in [-0.2, 0) is 4.74 Å². The fourth-order valence-corrected chi connectivity index (χ4v) is 3.21. The molecule has 6 heteroatoms. The van der Waals surface area contributed by atoms with Gasteiger partial charge in [0, 0.05) is 16.5 Å². The number of nitrogens with zero attached hydrogens (tertiary/aromatic N) is 2. The molecule has 1 N–H and O–H groups in total. The highest BCUT2D eigenvalue weighted by atomic mass is 79.9. The number of hydrogen-bond acceptors (Lipinski definition) is 3. The first kappa shape index (κ1) is 12.1. The molecule has 4 rings (SSSR count). The first-order valence-corrected chi connectivity index (χ1v) is 7.29. The molecule has 1 aliphatic heterocycles. The number of H-pyrrole nitrogens is 1. The summed E-state index contributed by atoms with van der Waals surface area (Å²) in [5.74, 6) is 0. The monoisotopic (exact) mass is 333 g/mol. The molecule has 20 heavy (non-hydrogen) atoms. The van der Waals surface area contributed by atoms with Crippen molar-refractivity contribution in [3.63, 3.8) is 0 Å². The number of halogens is 1. The van der Waals surface area contributed by atoms with Crippen LogP contribution in [0.1, 0.15) is 12.5 Å². The third kappa shape index (κ3) is 1.72. The molecule has 1 aliphatic rings. The Kier molecular flexibility index (Phi) is 2.68. The standard InChI is InChI=1S/C14H12BrN3O2/c15-8-1-2-11-10(5-8)13-12(6-16-11)17-14(19)18(13)9-3-4-20-7-9/h1-2,5-6,9H,3-4,7H2,(H,17,19)/t9-/m0/s1. The van der Waals surface area contributed by atoms with E-state index in [0.29, 0.717) is 13.2 Å². The molecule has 0 amide bonds. The molecule has 1 atom stereocenters. The lowest BCUT2D eigenvalue weighted by Gasteiger charge is -2.11. The number of rotatable bonds is 1. The summed E-state index contributed by atoms with van der Waals surface area (Å²) in [5, 5.41) is 0.974. The van der Waals surface area contributed by atoms with Crippen molar-refractivity contribution in [2.24, 2.45) is 0 Å². The lowest BCUT2D eigenvalue weighted by atomic mass is 10.1. The van der Waals surface area contributed by atoms with Gasteiger partial charge in [-0.2, -0.15) is 0 Å². The molecule has 0 saturated carbocycles. The van der Waals surface area contributed by atoms with Gasteiger partial charge >= 0.3 is 5.69 Å². The second-order valence-corrected chi connectivity index (χ2v) is 5.92. The minimum atomic E-state index is -0.0928. The molecule has 5 nitrogen and oxygen atoms in total. The molecule has 1 fully saturated rings. The molecular formula is C14H12BrN3O2. The van der Waals surface area contributed by atoms with Gasteiger partial charge in [-0.3, -0.25) is 9.55 Å². The van der Waals surface area contributed by atoms with Crippen LogP contribution in [-0.4, -0.2) is 27.7 Å². The van der Waals surface area contributed by atoms with E-state index in [9.17, 15) is 4.79 Å². The number of pyridine rings is 1. The molecule has 3 aromatic rings. The van der Waals surface area contributed by atoms with E-state index in [1.165, 1.54) is 0 Å². The number of benzene rings is 1. The van der Waals surface area contributed by atoms with Crippen LogP contribution < -0.4 is 5.69 Å². The maximum Gasteiger partial charge on any atom is 0.326 e. The molecule has 0 bridgehead atoms. The van der Waals surface area contributed by atoms with Gasteiger partial charge in [0.25, 0.3) is 0 Å². The van der Waals surface area contributed by atoms with Gasteiger partial charge in [0.2, 0.25) is 0 Å². The topological polar surface area (TPSA) is 59.9 Å². The minimum absolute atomic E-state index is 0.0928. The van der Waals surface area contributed by atoms with E-state index < -0.39 is 0 Å². The Bertz CT molecular complexity index is 862. The van der Waals surface area contributed by atoms with Gasteiger partial charge in [-0.25, -0.2) is 4.79 Å². The number of ether oxygens (including phenoxy) is 1. The van der Waals surface area contributed by atoms with Crippen LogP contribution in [0.4, 0.5) is 0 Å². The van der Waals surface area contributed by atoms with Gasteiger partial charge in [0.05, 0.1) is 35.4 Å². The number of nitrogens with one attached hydrogen (secondary N) is 1. The molecule has 1 aromatic carbocycles. The summed E-state index contributed by atoms with van der Waals surface area (Å²) in [6, 6.07) is 6.01. The highest BCUT2D eigenvalue weighted by Crippen LogP contribution is 2.28. The van der Waals surface area contributed by atoms with Crippen LogP contribution in [0.5, 0.6) is 0 Å². The van der Waals surface area contributed by atoms with Gasteiger partial charge in [0.1, 0.15) is 0 Å². The van der Waals surface area contributed by atoms with E-state index >= 15 is 0 Å². The summed E-state index contributed by atoms with van der Waals surface area (Å²) >= 11 is 3.48. The van der Waals surface area contributed by atoms with Crippen molar-refractivity contribution >= 4 is 37.9 Å². The Morgan fingerprint density at radius 3 is 3.15 bits per heavy atom. The van der Waals surface area contributed by atoms with Gasteiger partial charge in [-0.05, 0) is 24.6 Å². The quantitative estimate of drug-likeness (QED) is 0.744. The summed E-state index contributed by atoms with van der Waals surface area (Å²) in [6.45, 7) is 1.29. The van der Waals surface area contributed by atoms with Crippen LogP contribution in [0.3, 0.4) is 0 Å². The van der Waals surface area contributed by atoms with Crippen molar-refractivity contribution in [3.8, 4) is 0 Å². The molecule has 0 unspecified atom stereocenters. The molecule has 3 heterocycles. The molecule has 102 valence electrons. The van der Waals surface area contributed by atoms with Crippen molar-refractivity contribution in [2.45, 2.75) is 12.5 Å². The minimum Gasteiger partial charge on any atom is -0.379 e. The summed E-state index contributed by atoms with van der Waals surface area (Å²) in [4.78, 5) is 19.6. The average molecular weight is 334 g/mol. The Labute approximate surface area is 122 Å². The maximum atomic E-state index is 12.3. The van der Waals surface area contributed by atoms with Gasteiger partial charge in [-0.1, -0.05) is 15.9 Å². The molecular weight excluding hydrogens is 322 g/mol. The second-order valence-electron chi connectivity index (χ2n) is 5.00. The van der Waals surface area contributed by atoms with Crippen LogP contribution in [0.25, 0.3) is 21.9 Å². The second kappa shape index (κ2) is 4.43. The van der Waals surface area contributed by atoms with E-state index in [1.54, 1.807) is 6.20 Å². The van der Waals surface area contributed by atoms with E-state index in [2.05, 4.69) is 25.9 Å². The third-order valence-electron chi connectivity index (χ3n) is 3.77. The van der Waals surface area contributed by atoms with Crippen LogP contribution in [0.15, 0.2) is 33.7 Å². The van der Waals surface area contributed by atoms with Gasteiger partial charge in [-0.15, -0.1) is 0 Å². The highest BCUT2D eigenvalue weighted by molar-refractivity contribution is 9.10. The molecule has 0 radical (unpaired) electrons. The molecule has 0 spiro atoms. The highest BCUT2D eigenvalue weighted by Gasteiger charge is 2.23. The van der Waals surface area contributed by atoms with Crippen molar-refractivity contribution in [3.05, 3.63) is 39.4 Å². The smallest absolute Gasteiger partial charge is 0.326 e. The Morgan fingerprint density at radius 2 is 2.35 bits per heavy atom. The fraction of sp³-hybridized carbons (Fsp3) is 0.286. The van der Waals surface area contributed by atoms with Crippen LogP contribution in [0, 0.1) is 0 Å². The van der Waals surface area contributed by atoms with Crippen molar-refractivity contribution in [2.75, 3.05) is 13.2 Å². The zero-order valence-electron chi connectivity index (χ0n) is 10.6. The van der Waals surface area contributed by atoms with Crippen molar-refractivity contribution in [1.82, 2.24) is 14.5 Å². The third-order valence-corrected chi connectivity index (χ3v) is 4.27. The summed E-state index contributed by atoms with van der Waals surface area (Å²) < 4.78 is 8.21. The molecule has 1 saturated heterocycles. The van der Waals surface area contributed by atoms with Crippen LogP contribution in [0.2, 0.25) is 0 Å². The van der Waals surface area contributed by atoms with E-state index in [1.807, 2.05) is 22.8 Å². The Morgan fingerprint density at radius 1 is 1.45 bits per heavy atom. The fourth-order valence-electron chi connectivity index (χ4n) is 2.85. The van der Waals surface area contributed by atoms with E-state index in [4.69, 9.17) is 4.74 Å². The zero-order chi connectivity index (χ0) is 13.7. The first-order valence-electron chi connectivity index (χ1n) is 6.50. The SMILES string of the molecule is O=c1[nH]c2cnc3ccc(Br)cc3c2n1[C@H]1CCOC1. The predicted molar refractivity (Wildman–Crippen MR) is 80.0 cm³/mol. The lowest BCUT2D eigenvalue weighted by Crippen LogP contribution is -2.22. The van der Waals surface area contributed by atoms with Gasteiger partial charge in [0.15, 0.2) is 0 Å². The van der Waals surface area contributed by atoms with E-state index in [0.717, 1.165) is 32.8 Å². The van der Waals surface area contributed by atoms with Crippen LogP contribution >= 0.6 is 15.9 Å². The Hall–Kier alpha value is -1.66. The Balaban J connectivity index is 2.13. The number of aromatic amines is 1. The van der Waals surface area contributed by atoms with E-state index in [-0.39, 0.29) is 11.7 Å². The number of fused-ring (bicyclic) bond motifs is 3. The number of aromatic nitrogens is 3. The van der Waals surface area contributed by atoms with Crippen molar-refractivity contribution < 1.29 is 4.74 Å². The maximum absolute atomic E-state index is 12.3. The zero-order valence-corrected chi connectivity index (χ0v) is 12.2.